The topological polar surface area (TPSA) is 218 Å². The lowest BCUT2D eigenvalue weighted by atomic mass is 10.1. The average Bonchev–Trinajstić information content (AvgIpc) is 3.05. The molecule has 0 spiro atoms. The molecule has 0 aliphatic carbocycles. The smallest absolute Gasteiger partial charge is 0.390 e. The molecule has 0 bridgehead atoms. The number of nitrogens with two attached hydrogens (primary N) is 1. The van der Waals surface area contributed by atoms with Gasteiger partial charge < -0.3 is 30.6 Å². The number of nitrogens with one attached hydrogen (secondary N) is 1. The molecule has 0 aromatic carbocycles. The van der Waals surface area contributed by atoms with Crippen LogP contribution in [0.1, 0.15) is 6.23 Å². The maximum atomic E-state index is 11.9. The van der Waals surface area contributed by atoms with E-state index >= 15 is 0 Å². The van der Waals surface area contributed by atoms with Gasteiger partial charge in [-0.25, -0.2) is 4.57 Å². The van der Waals surface area contributed by atoms with Crippen molar-refractivity contribution in [2.45, 2.75) is 24.5 Å². The largest absolute Gasteiger partial charge is 0.472 e. The quantitative estimate of drug-likeness (QED) is 0.258. The van der Waals surface area contributed by atoms with Crippen molar-refractivity contribution in [3.05, 3.63) is 20.5 Å². The van der Waals surface area contributed by atoms with Gasteiger partial charge in [0.05, 0.1) is 6.61 Å². The summed E-state index contributed by atoms with van der Waals surface area (Å²) in [5.74, 6) is -1.16. The van der Waals surface area contributed by atoms with Gasteiger partial charge in [-0.15, -0.1) is 0 Å². The Labute approximate surface area is 142 Å². The predicted octanol–water partition coefficient (Wildman–Crippen LogP) is -1.62. The van der Waals surface area contributed by atoms with Crippen LogP contribution in [0.25, 0.3) is 11.2 Å². The molecular weight excluding hydrogens is 379 g/mol. The number of aromatic amines is 1. The number of anilines is 1. The van der Waals surface area contributed by atoms with Crippen LogP contribution in [0.2, 0.25) is 0 Å². The van der Waals surface area contributed by atoms with Crippen molar-refractivity contribution in [2.24, 2.45) is 0 Å². The van der Waals surface area contributed by atoms with Crippen molar-refractivity contribution < 1.29 is 33.3 Å². The minimum atomic E-state index is -4.38. The Morgan fingerprint density at radius 1 is 1.46 bits per heavy atom. The number of ether oxygens (including phenoxy) is 1. The van der Waals surface area contributed by atoms with Crippen LogP contribution in [-0.2, 0) is 18.3 Å². The molecule has 26 heavy (non-hydrogen) atoms. The Balaban J connectivity index is 1.86. The first-order chi connectivity index (χ1) is 12.2. The van der Waals surface area contributed by atoms with Crippen molar-refractivity contribution in [3.63, 3.8) is 0 Å². The molecule has 3 unspecified atom stereocenters. The number of fused-ring (bicyclic) bond motifs is 2. The number of nitrogens with zero attached hydrogens (tertiary/aromatic N) is 4. The molecule has 5 atom stereocenters. The van der Waals surface area contributed by atoms with Crippen LogP contribution in [0, 0.1) is 10.1 Å². The molecule has 2 aliphatic rings. The molecular formula is C10H11N6O9P. The van der Waals surface area contributed by atoms with E-state index in [9.17, 15) is 29.5 Å². The van der Waals surface area contributed by atoms with Gasteiger partial charge in [-0.3, -0.25) is 18.8 Å². The fourth-order valence-electron chi connectivity index (χ4n) is 2.90. The summed E-state index contributed by atoms with van der Waals surface area (Å²) in [5, 5.41) is 21.8. The number of aliphatic hydroxyl groups excluding tert-OH is 1. The lowest BCUT2D eigenvalue weighted by Gasteiger charge is -2.27. The van der Waals surface area contributed by atoms with Gasteiger partial charge >= 0.3 is 13.8 Å². The lowest BCUT2D eigenvalue weighted by Crippen LogP contribution is -2.39. The van der Waals surface area contributed by atoms with Gasteiger partial charge in [-0.2, -0.15) is 9.55 Å². The minimum Gasteiger partial charge on any atom is -0.390 e. The number of aromatic nitrogens is 4. The van der Waals surface area contributed by atoms with E-state index in [1.165, 1.54) is 0 Å². The zero-order valence-electron chi connectivity index (χ0n) is 12.6. The van der Waals surface area contributed by atoms with Crippen molar-refractivity contribution in [1.82, 2.24) is 19.5 Å². The molecule has 4 heterocycles. The summed E-state index contributed by atoms with van der Waals surface area (Å²) in [6.45, 7) is -0.386. The van der Waals surface area contributed by atoms with E-state index < -0.39 is 48.8 Å². The van der Waals surface area contributed by atoms with Gasteiger partial charge in [-0.05, 0) is 4.92 Å². The Kier molecular flexibility index (Phi) is 3.62. The number of nitrogen functional groups attached to an aromatic ring is 1. The number of aliphatic hydroxyl groups is 1. The molecule has 2 saturated heterocycles. The van der Waals surface area contributed by atoms with Crippen LogP contribution >= 0.6 is 7.82 Å². The van der Waals surface area contributed by atoms with Crippen LogP contribution < -0.4 is 11.3 Å². The fourth-order valence-corrected chi connectivity index (χ4v) is 3.87. The number of nitro groups is 1. The second kappa shape index (κ2) is 5.54. The summed E-state index contributed by atoms with van der Waals surface area (Å²) < 4.78 is 27.2. The van der Waals surface area contributed by atoms with E-state index in [0.717, 1.165) is 4.57 Å². The van der Waals surface area contributed by atoms with Crippen LogP contribution in [0.4, 0.5) is 11.9 Å². The average molecular weight is 390 g/mol. The van der Waals surface area contributed by atoms with E-state index in [2.05, 4.69) is 19.5 Å². The van der Waals surface area contributed by atoms with E-state index in [-0.39, 0.29) is 23.7 Å². The van der Waals surface area contributed by atoms with Gasteiger partial charge in [0.15, 0.2) is 0 Å². The van der Waals surface area contributed by atoms with Crippen molar-refractivity contribution in [3.8, 4) is 0 Å². The highest BCUT2D eigenvalue weighted by Crippen LogP contribution is 2.52. The molecule has 5 N–H and O–H groups in total. The third-order valence-electron chi connectivity index (χ3n) is 3.93. The maximum absolute atomic E-state index is 11.9. The molecule has 0 radical (unpaired) electrons. The summed E-state index contributed by atoms with van der Waals surface area (Å²) in [5.41, 5.74) is 3.96. The van der Waals surface area contributed by atoms with E-state index in [1.807, 2.05) is 0 Å². The highest BCUT2D eigenvalue weighted by Gasteiger charge is 2.55. The van der Waals surface area contributed by atoms with E-state index in [1.54, 1.807) is 0 Å². The number of hydrogen-bond acceptors (Lipinski definition) is 11. The molecule has 2 fully saturated rings. The first-order valence-electron chi connectivity index (χ1n) is 7.09. The molecule has 2 aromatic heterocycles. The summed E-state index contributed by atoms with van der Waals surface area (Å²) in [4.78, 5) is 41.3. The zero-order valence-corrected chi connectivity index (χ0v) is 13.5. The maximum Gasteiger partial charge on any atom is 0.472 e. The second-order valence-corrected chi connectivity index (χ2v) is 6.96. The monoisotopic (exact) mass is 390 g/mol. The number of imidazole rings is 1. The Morgan fingerprint density at radius 3 is 2.88 bits per heavy atom. The third kappa shape index (κ3) is 2.49. The van der Waals surface area contributed by atoms with E-state index in [0.29, 0.717) is 0 Å². The van der Waals surface area contributed by atoms with Gasteiger partial charge in [-0.1, -0.05) is 4.98 Å². The summed E-state index contributed by atoms with van der Waals surface area (Å²) in [6.07, 6.45) is -5.37. The lowest BCUT2D eigenvalue weighted by molar-refractivity contribution is -0.398. The SMILES string of the molecule is Nc1nc2c(nc([N+](=O)[O-])n2[C@@H]2O[C@@H]3COP(=O)(O)OC3C2O)c(=O)[nH]1. The van der Waals surface area contributed by atoms with Crippen LogP contribution in [0.3, 0.4) is 0 Å². The van der Waals surface area contributed by atoms with Crippen LogP contribution in [0.5, 0.6) is 0 Å². The summed E-state index contributed by atoms with van der Waals surface area (Å²) in [6, 6.07) is 0. The Bertz CT molecular complexity index is 1020. The number of phosphoric acid groups is 1. The number of rotatable bonds is 2. The number of phosphoric ester groups is 1. The van der Waals surface area contributed by atoms with Gasteiger partial charge in [0, 0.05) is 0 Å². The van der Waals surface area contributed by atoms with Gasteiger partial charge in [0.2, 0.25) is 17.8 Å². The first-order valence-corrected chi connectivity index (χ1v) is 8.59. The Hall–Kier alpha value is -2.42. The second-order valence-electron chi connectivity index (χ2n) is 5.55. The normalized spacial score (nSPS) is 34.1. The van der Waals surface area contributed by atoms with Crippen LogP contribution in [0.15, 0.2) is 4.79 Å². The molecule has 2 aliphatic heterocycles. The van der Waals surface area contributed by atoms with E-state index in [4.69, 9.17) is 15.0 Å². The summed E-state index contributed by atoms with van der Waals surface area (Å²) >= 11 is 0. The number of H-pyrrole nitrogens is 1. The molecule has 2 aromatic rings. The molecule has 16 heteroatoms. The van der Waals surface area contributed by atoms with Crippen molar-refractivity contribution in [1.29, 1.82) is 0 Å². The Morgan fingerprint density at radius 2 is 2.19 bits per heavy atom. The van der Waals surface area contributed by atoms with Crippen molar-refractivity contribution in [2.75, 3.05) is 12.3 Å². The highest BCUT2D eigenvalue weighted by atomic mass is 31.2. The predicted molar refractivity (Wildman–Crippen MR) is 79.8 cm³/mol. The highest BCUT2D eigenvalue weighted by molar-refractivity contribution is 7.47. The molecule has 4 rings (SSSR count). The summed E-state index contributed by atoms with van der Waals surface area (Å²) in [7, 11) is -4.38. The van der Waals surface area contributed by atoms with Crippen molar-refractivity contribution >= 4 is 30.9 Å². The molecule has 0 saturated carbocycles. The molecule has 140 valence electrons. The fraction of sp³-hybridized carbons (Fsp3) is 0.500. The standard InChI is InChI=1S/C10H11N6O9P/c11-9-13-6-3(7(18)14-9)12-10(16(19)20)15(6)8-4(17)5-2(24-8)1-23-26(21,22)25-5/h2,4-5,8,17H,1H2,(H,21,22)(H3,11,13,14,18)/t2-,4?,5?,8-/m1/s1. The zero-order chi connectivity index (χ0) is 18.8. The van der Waals surface area contributed by atoms with Crippen LogP contribution in [-0.4, -0.2) is 59.4 Å². The number of hydrogen-bond donors (Lipinski definition) is 4. The third-order valence-corrected chi connectivity index (χ3v) is 4.92. The minimum absolute atomic E-state index is 0.297. The van der Waals surface area contributed by atoms with Gasteiger partial charge in [0.25, 0.3) is 11.1 Å². The first kappa shape index (κ1) is 17.0. The van der Waals surface area contributed by atoms with Gasteiger partial charge in [0.1, 0.15) is 18.3 Å². The molecule has 0 amide bonds. The molecule has 15 nitrogen and oxygen atoms in total.